The van der Waals surface area contributed by atoms with E-state index in [0.717, 1.165) is 29.1 Å². The number of hydrogen-bond acceptors (Lipinski definition) is 6. The molecular weight excluding hydrogens is 348 g/mol. The maximum Gasteiger partial charge on any atom is 0.325 e. The molecule has 0 unspecified atom stereocenters. The molecule has 3 rings (SSSR count). The highest BCUT2D eigenvalue weighted by atomic mass is 16.5. The molecule has 0 saturated carbocycles. The van der Waals surface area contributed by atoms with Gasteiger partial charge in [0.15, 0.2) is 0 Å². The van der Waals surface area contributed by atoms with E-state index < -0.39 is 11.6 Å². The lowest BCUT2D eigenvalue weighted by Gasteiger charge is -2.25. The van der Waals surface area contributed by atoms with Crippen molar-refractivity contribution in [2.75, 3.05) is 7.11 Å². The summed E-state index contributed by atoms with van der Waals surface area (Å²) >= 11 is 0. The highest BCUT2D eigenvalue weighted by Gasteiger charge is 2.50. The Morgan fingerprint density at radius 2 is 1.78 bits per heavy atom. The van der Waals surface area contributed by atoms with Crippen LogP contribution < -0.4 is 10.1 Å². The van der Waals surface area contributed by atoms with E-state index in [1.165, 1.54) is 0 Å². The fourth-order valence-corrected chi connectivity index (χ4v) is 3.44. The molecular formula is C19H24N4O4. The number of urea groups is 1. The van der Waals surface area contributed by atoms with E-state index >= 15 is 0 Å². The third-order valence-corrected chi connectivity index (χ3v) is 4.70. The summed E-state index contributed by atoms with van der Waals surface area (Å²) in [6.07, 6.45) is 2.84. The van der Waals surface area contributed by atoms with Crippen molar-refractivity contribution >= 4 is 11.9 Å². The van der Waals surface area contributed by atoms with Gasteiger partial charge in [-0.15, -0.1) is 10.2 Å². The normalized spacial score (nSPS) is 15.9. The number of carbonyl (C=O) groups is 2. The van der Waals surface area contributed by atoms with Crippen molar-refractivity contribution in [3.8, 4) is 17.2 Å². The number of benzene rings is 1. The van der Waals surface area contributed by atoms with Crippen LogP contribution in [0.4, 0.5) is 4.79 Å². The Hall–Kier alpha value is -2.90. The second-order valence-electron chi connectivity index (χ2n) is 6.63. The molecule has 1 aliphatic rings. The topological polar surface area (TPSA) is 97.6 Å². The first-order valence-electron chi connectivity index (χ1n) is 9.14. The highest BCUT2D eigenvalue weighted by Crippen LogP contribution is 2.29. The van der Waals surface area contributed by atoms with E-state index in [9.17, 15) is 9.59 Å². The largest absolute Gasteiger partial charge is 0.497 e. The van der Waals surface area contributed by atoms with E-state index in [1.807, 2.05) is 13.8 Å². The Morgan fingerprint density at radius 3 is 2.37 bits per heavy atom. The summed E-state index contributed by atoms with van der Waals surface area (Å²) in [5, 5.41) is 10.9. The van der Waals surface area contributed by atoms with Crippen LogP contribution in [-0.2, 0) is 11.3 Å². The maximum atomic E-state index is 12.9. The lowest BCUT2D eigenvalue weighted by molar-refractivity contribution is -0.132. The van der Waals surface area contributed by atoms with Gasteiger partial charge in [-0.25, -0.2) is 4.79 Å². The quantitative estimate of drug-likeness (QED) is 0.715. The van der Waals surface area contributed by atoms with Gasteiger partial charge in [-0.3, -0.25) is 9.69 Å². The third kappa shape index (κ3) is 3.65. The summed E-state index contributed by atoms with van der Waals surface area (Å²) in [6, 6.07) is 6.78. The highest BCUT2D eigenvalue weighted by molar-refractivity contribution is 6.06. The molecule has 1 aliphatic heterocycles. The zero-order valence-electron chi connectivity index (χ0n) is 15.8. The summed E-state index contributed by atoms with van der Waals surface area (Å²) in [4.78, 5) is 26.5. The standard InChI is InChI=1S/C19H24N4O4/c1-4-10-19(11-5-2)17(24)23(18(25)20-19)12-15-21-22-16(27-15)13-6-8-14(26-3)9-7-13/h6-9H,4-5,10-12H2,1-3H3,(H,20,25). The van der Waals surface area contributed by atoms with E-state index in [2.05, 4.69) is 15.5 Å². The average Bonchev–Trinajstić information content (AvgIpc) is 3.22. The molecule has 27 heavy (non-hydrogen) atoms. The van der Waals surface area contributed by atoms with E-state index in [-0.39, 0.29) is 18.3 Å². The lowest BCUT2D eigenvalue weighted by atomic mass is 9.88. The number of rotatable bonds is 8. The van der Waals surface area contributed by atoms with Gasteiger partial charge in [-0.1, -0.05) is 26.7 Å². The molecule has 2 heterocycles. The molecule has 144 valence electrons. The number of nitrogens with one attached hydrogen (secondary N) is 1. The summed E-state index contributed by atoms with van der Waals surface area (Å²) in [6.45, 7) is 3.96. The van der Waals surface area contributed by atoms with Crippen molar-refractivity contribution in [1.82, 2.24) is 20.4 Å². The minimum absolute atomic E-state index is 0.0387. The Kier molecular flexibility index (Phi) is 5.43. The molecule has 0 atom stereocenters. The van der Waals surface area contributed by atoms with Gasteiger partial charge >= 0.3 is 6.03 Å². The zero-order valence-corrected chi connectivity index (χ0v) is 15.8. The fraction of sp³-hybridized carbons (Fsp3) is 0.474. The van der Waals surface area contributed by atoms with Crippen LogP contribution in [0.25, 0.3) is 11.5 Å². The smallest absolute Gasteiger partial charge is 0.325 e. The number of methoxy groups -OCH3 is 1. The number of ether oxygens (including phenoxy) is 1. The number of amides is 3. The van der Waals surface area contributed by atoms with Crippen LogP contribution in [-0.4, -0.2) is 39.7 Å². The fourth-order valence-electron chi connectivity index (χ4n) is 3.44. The molecule has 1 aromatic carbocycles. The maximum absolute atomic E-state index is 12.9. The van der Waals surface area contributed by atoms with E-state index in [4.69, 9.17) is 9.15 Å². The number of carbonyl (C=O) groups excluding carboxylic acids is 2. The zero-order chi connectivity index (χ0) is 19.4. The van der Waals surface area contributed by atoms with Gasteiger partial charge in [0.25, 0.3) is 5.91 Å². The van der Waals surface area contributed by atoms with Crippen LogP contribution in [0.5, 0.6) is 5.75 Å². The van der Waals surface area contributed by atoms with Crippen molar-refractivity contribution in [3.05, 3.63) is 30.2 Å². The van der Waals surface area contributed by atoms with Gasteiger partial charge in [-0.2, -0.15) is 0 Å². The van der Waals surface area contributed by atoms with Crippen LogP contribution in [0.15, 0.2) is 28.7 Å². The Balaban J connectivity index is 1.76. The molecule has 0 spiro atoms. The van der Waals surface area contributed by atoms with Crippen molar-refractivity contribution in [3.63, 3.8) is 0 Å². The van der Waals surface area contributed by atoms with Gasteiger partial charge in [0.05, 0.1) is 7.11 Å². The van der Waals surface area contributed by atoms with E-state index in [1.54, 1.807) is 31.4 Å². The van der Waals surface area contributed by atoms with E-state index in [0.29, 0.717) is 18.7 Å². The monoisotopic (exact) mass is 372 g/mol. The second-order valence-corrected chi connectivity index (χ2v) is 6.63. The molecule has 8 nitrogen and oxygen atoms in total. The first kappa shape index (κ1) is 18.9. The lowest BCUT2D eigenvalue weighted by Crippen LogP contribution is -2.46. The molecule has 1 aromatic heterocycles. The van der Waals surface area contributed by atoms with Crippen molar-refractivity contribution in [2.45, 2.75) is 51.6 Å². The van der Waals surface area contributed by atoms with Crippen LogP contribution in [0.2, 0.25) is 0 Å². The summed E-state index contributed by atoms with van der Waals surface area (Å²) < 4.78 is 10.8. The van der Waals surface area contributed by atoms with Gasteiger partial charge in [0.1, 0.15) is 17.8 Å². The predicted molar refractivity (Wildman–Crippen MR) is 97.9 cm³/mol. The van der Waals surface area contributed by atoms with Crippen molar-refractivity contribution in [2.24, 2.45) is 0 Å². The van der Waals surface area contributed by atoms with Crippen LogP contribution in [0.1, 0.15) is 45.4 Å². The molecule has 1 fully saturated rings. The van der Waals surface area contributed by atoms with Crippen LogP contribution >= 0.6 is 0 Å². The summed E-state index contributed by atoms with van der Waals surface area (Å²) in [5.74, 6) is 1.04. The van der Waals surface area contributed by atoms with Crippen LogP contribution in [0.3, 0.4) is 0 Å². The van der Waals surface area contributed by atoms with Crippen molar-refractivity contribution in [1.29, 1.82) is 0 Å². The molecule has 0 aliphatic carbocycles. The minimum Gasteiger partial charge on any atom is -0.497 e. The van der Waals surface area contributed by atoms with Gasteiger partial charge in [0.2, 0.25) is 11.8 Å². The molecule has 1 N–H and O–H groups in total. The summed E-state index contributed by atoms with van der Waals surface area (Å²) in [5.41, 5.74) is -0.0857. The number of imide groups is 1. The Bertz CT molecular complexity index is 809. The Morgan fingerprint density at radius 1 is 1.11 bits per heavy atom. The molecule has 8 heteroatoms. The van der Waals surface area contributed by atoms with Gasteiger partial charge < -0.3 is 14.5 Å². The van der Waals surface area contributed by atoms with Gasteiger partial charge in [0, 0.05) is 5.56 Å². The SMILES string of the molecule is CCCC1(CCC)NC(=O)N(Cc2nnc(-c3ccc(OC)cc3)o2)C1=O. The Labute approximate surface area is 157 Å². The number of aromatic nitrogens is 2. The molecule has 3 amide bonds. The molecule has 1 saturated heterocycles. The van der Waals surface area contributed by atoms with Gasteiger partial charge in [-0.05, 0) is 37.1 Å². The molecule has 0 bridgehead atoms. The predicted octanol–water partition coefficient (Wildman–Crippen LogP) is 3.14. The average molecular weight is 372 g/mol. The minimum atomic E-state index is -0.820. The summed E-state index contributed by atoms with van der Waals surface area (Å²) in [7, 11) is 1.59. The first-order valence-corrected chi connectivity index (χ1v) is 9.14. The van der Waals surface area contributed by atoms with Crippen LogP contribution in [0, 0.1) is 0 Å². The third-order valence-electron chi connectivity index (χ3n) is 4.70. The second kappa shape index (κ2) is 7.77. The van der Waals surface area contributed by atoms with Crippen molar-refractivity contribution < 1.29 is 18.7 Å². The number of hydrogen-bond donors (Lipinski definition) is 1. The molecule has 0 radical (unpaired) electrons. The number of nitrogens with zero attached hydrogens (tertiary/aromatic N) is 3. The first-order chi connectivity index (χ1) is 13.0. The molecule has 2 aromatic rings.